The van der Waals surface area contributed by atoms with Crippen LogP contribution in [0.5, 0.6) is 0 Å². The SMILES string of the molecule is CCC(CC(C)CC(CC(C)C#N)C(=O)OC)[Si](C)(C)C(C)C(=O)O[C@@H]1c2ccccc2[C@@H]1OC(=O)C(C)[Si](C)(C)C(CC)CC(C)CC(CC(C)C#N)C(=O)CO. The quantitative estimate of drug-likeness (QED) is 0.0569. The molecule has 0 amide bonds. The molecular formula is C46H74N2O8Si2. The van der Waals surface area contributed by atoms with E-state index in [1.165, 1.54) is 7.11 Å². The number of nitriles is 2. The van der Waals surface area contributed by atoms with E-state index < -0.39 is 35.0 Å². The lowest BCUT2D eigenvalue weighted by Crippen LogP contribution is -2.44. The highest BCUT2D eigenvalue weighted by atomic mass is 28.3. The van der Waals surface area contributed by atoms with Gasteiger partial charge in [0.25, 0.3) is 0 Å². The van der Waals surface area contributed by atoms with E-state index in [1.807, 2.05) is 45.0 Å². The van der Waals surface area contributed by atoms with E-state index in [-0.39, 0.29) is 81.4 Å². The summed E-state index contributed by atoms with van der Waals surface area (Å²) in [6.07, 6.45) is 4.15. The molecule has 2 rings (SSSR count). The van der Waals surface area contributed by atoms with Crippen LogP contribution in [0.2, 0.25) is 48.4 Å². The summed E-state index contributed by atoms with van der Waals surface area (Å²) < 4.78 is 17.7. The van der Waals surface area contributed by atoms with Crippen molar-refractivity contribution in [3.8, 4) is 12.1 Å². The van der Waals surface area contributed by atoms with Gasteiger partial charge < -0.3 is 19.3 Å². The number of carbonyl (C=O) groups excluding carboxylic acids is 4. The van der Waals surface area contributed by atoms with Gasteiger partial charge in [0.2, 0.25) is 0 Å². The molecule has 12 atom stereocenters. The van der Waals surface area contributed by atoms with Gasteiger partial charge in [-0.25, -0.2) is 0 Å². The second-order valence-electron chi connectivity index (χ2n) is 18.9. The van der Waals surface area contributed by atoms with Gasteiger partial charge in [-0.2, -0.15) is 10.5 Å². The Labute approximate surface area is 351 Å². The van der Waals surface area contributed by atoms with Crippen molar-refractivity contribution in [2.45, 2.75) is 167 Å². The van der Waals surface area contributed by atoms with E-state index in [9.17, 15) is 34.8 Å². The monoisotopic (exact) mass is 838 g/mol. The number of rotatable bonds is 25. The van der Waals surface area contributed by atoms with Crippen molar-refractivity contribution >= 4 is 39.8 Å². The third-order valence-electron chi connectivity index (χ3n) is 14.0. The standard InChI is InChI=1S/C46H74N2O8Si2/c1-14-37(24-29(3)20-35(41(50)28-49)22-31(5)26-47)57(10,11)33(7)44(51)55-42-39-18-16-17-19-40(39)43(42)56-45(52)34(8)58(12,13)38(15-2)25-30(4)21-36(46(53)54-9)23-32(6)27-48/h16-19,29-38,42-43,49H,14-15,20-25,28H2,1-13H3/t29?,30?,31?,32?,33?,34?,35?,36?,37?,38?,42-,43+/m0/s1. The molecule has 1 N–H and O–H groups in total. The molecular weight excluding hydrogens is 765 g/mol. The Morgan fingerprint density at radius 1 is 0.655 bits per heavy atom. The van der Waals surface area contributed by atoms with Gasteiger partial charge in [-0.1, -0.05) is 118 Å². The van der Waals surface area contributed by atoms with Crippen molar-refractivity contribution in [2.75, 3.05) is 13.7 Å². The van der Waals surface area contributed by atoms with Crippen LogP contribution >= 0.6 is 0 Å². The molecule has 0 saturated carbocycles. The molecule has 10 nitrogen and oxygen atoms in total. The molecule has 0 aromatic heterocycles. The second-order valence-corrected chi connectivity index (χ2v) is 29.5. The van der Waals surface area contributed by atoms with Crippen molar-refractivity contribution in [2.24, 2.45) is 35.5 Å². The minimum atomic E-state index is -2.29. The molecule has 324 valence electrons. The van der Waals surface area contributed by atoms with Gasteiger partial charge in [0.1, 0.15) is 6.61 Å². The van der Waals surface area contributed by atoms with E-state index in [1.54, 1.807) is 6.92 Å². The van der Waals surface area contributed by atoms with E-state index in [2.05, 4.69) is 66.0 Å². The van der Waals surface area contributed by atoms with Crippen molar-refractivity contribution < 1.29 is 38.5 Å². The summed E-state index contributed by atoms with van der Waals surface area (Å²) in [5, 5.41) is 28.3. The highest BCUT2D eigenvalue weighted by molar-refractivity contribution is 6.83. The third kappa shape index (κ3) is 13.1. The molecule has 12 heteroatoms. The highest BCUT2D eigenvalue weighted by Crippen LogP contribution is 2.51. The number of hydrogen-bond acceptors (Lipinski definition) is 10. The zero-order valence-corrected chi connectivity index (χ0v) is 39.8. The van der Waals surface area contributed by atoms with Crippen LogP contribution in [-0.2, 0) is 33.4 Å². The molecule has 0 fully saturated rings. The number of Topliss-reactive ketones (excluding diaryl/α,β-unsaturated/α-hetero) is 1. The van der Waals surface area contributed by atoms with Crippen molar-refractivity contribution in [3.63, 3.8) is 0 Å². The van der Waals surface area contributed by atoms with E-state index in [0.717, 1.165) is 36.8 Å². The molecule has 1 aliphatic carbocycles. The minimum absolute atomic E-state index is 0.161. The number of aliphatic hydroxyl groups is 1. The number of aliphatic hydroxyl groups excluding tert-OH is 1. The molecule has 0 bridgehead atoms. The fraction of sp³-hybridized carbons (Fsp3) is 0.739. The van der Waals surface area contributed by atoms with Crippen LogP contribution in [-0.4, -0.2) is 58.7 Å². The number of benzene rings is 1. The van der Waals surface area contributed by atoms with Crippen LogP contribution in [0.25, 0.3) is 0 Å². The summed E-state index contributed by atoms with van der Waals surface area (Å²) in [5.74, 6) is -2.00. The predicted molar refractivity (Wildman–Crippen MR) is 233 cm³/mol. The van der Waals surface area contributed by atoms with Gasteiger partial charge in [0.15, 0.2) is 18.0 Å². The fourth-order valence-electron chi connectivity index (χ4n) is 9.31. The smallest absolute Gasteiger partial charge is 0.308 e. The molecule has 0 heterocycles. The van der Waals surface area contributed by atoms with Crippen LogP contribution in [0, 0.1) is 58.2 Å². The average Bonchev–Trinajstić information content (AvgIpc) is 3.20. The number of hydrogen-bond donors (Lipinski definition) is 1. The lowest BCUT2D eigenvalue weighted by Gasteiger charge is -2.42. The zero-order chi connectivity index (χ0) is 44.1. The molecule has 1 aromatic carbocycles. The van der Waals surface area contributed by atoms with E-state index in [0.29, 0.717) is 25.7 Å². The number of carbonyl (C=O) groups is 4. The number of esters is 3. The highest BCUT2D eigenvalue weighted by Gasteiger charge is 2.49. The van der Waals surface area contributed by atoms with Crippen LogP contribution in [0.1, 0.15) is 130 Å². The van der Waals surface area contributed by atoms with Crippen LogP contribution in [0.15, 0.2) is 24.3 Å². The minimum Gasteiger partial charge on any atom is -0.469 e. The van der Waals surface area contributed by atoms with Gasteiger partial charge in [0, 0.05) is 40.0 Å². The zero-order valence-electron chi connectivity index (χ0n) is 37.8. The maximum atomic E-state index is 14.1. The van der Waals surface area contributed by atoms with Gasteiger partial charge in [-0.3, -0.25) is 19.2 Å². The molecule has 1 aliphatic rings. The molecule has 58 heavy (non-hydrogen) atoms. The number of ether oxygens (including phenoxy) is 3. The Hall–Kier alpha value is -3.33. The van der Waals surface area contributed by atoms with Crippen molar-refractivity contribution in [3.05, 3.63) is 35.4 Å². The van der Waals surface area contributed by atoms with Gasteiger partial charge in [0.05, 0.1) is 41.3 Å². The summed E-state index contributed by atoms with van der Waals surface area (Å²) in [7, 11) is -3.19. The number of ketones is 1. The van der Waals surface area contributed by atoms with Crippen molar-refractivity contribution in [1.82, 2.24) is 0 Å². The first-order chi connectivity index (χ1) is 27.1. The van der Waals surface area contributed by atoms with Crippen LogP contribution in [0.4, 0.5) is 0 Å². The fourth-order valence-corrected chi connectivity index (χ4v) is 16.2. The van der Waals surface area contributed by atoms with Gasteiger partial charge >= 0.3 is 17.9 Å². The summed E-state index contributed by atoms with van der Waals surface area (Å²) >= 11 is 0. The first kappa shape index (κ1) is 50.8. The topological polar surface area (TPSA) is 164 Å². The Kier molecular flexibility index (Phi) is 20.0. The Morgan fingerprint density at radius 3 is 1.38 bits per heavy atom. The van der Waals surface area contributed by atoms with Crippen LogP contribution in [0.3, 0.4) is 0 Å². The van der Waals surface area contributed by atoms with E-state index in [4.69, 9.17) is 14.2 Å². The summed E-state index contributed by atoms with van der Waals surface area (Å²) in [5.41, 5.74) is 1.56. The maximum absolute atomic E-state index is 14.1. The summed E-state index contributed by atoms with van der Waals surface area (Å²) in [6.45, 7) is 24.5. The second kappa shape index (κ2) is 22.9. The lowest BCUT2D eigenvalue weighted by molar-refractivity contribution is -0.174. The number of fused-ring (bicyclic) bond motifs is 1. The van der Waals surface area contributed by atoms with Gasteiger partial charge in [-0.15, -0.1) is 0 Å². The third-order valence-corrected chi connectivity index (χ3v) is 24.4. The molecule has 0 radical (unpaired) electrons. The largest absolute Gasteiger partial charge is 0.469 e. The van der Waals surface area contributed by atoms with Crippen molar-refractivity contribution in [1.29, 1.82) is 10.5 Å². The Morgan fingerprint density at radius 2 is 1.03 bits per heavy atom. The first-order valence-electron chi connectivity index (χ1n) is 21.6. The van der Waals surface area contributed by atoms with Crippen LogP contribution < -0.4 is 0 Å². The first-order valence-corrected chi connectivity index (χ1v) is 28.0. The molecule has 0 spiro atoms. The Balaban J connectivity index is 2.20. The molecule has 0 saturated heterocycles. The molecule has 1 aromatic rings. The van der Waals surface area contributed by atoms with Gasteiger partial charge in [-0.05, 0) is 62.4 Å². The molecule has 10 unspecified atom stereocenters. The summed E-state index contributed by atoms with van der Waals surface area (Å²) in [4.78, 5) is 53.3. The molecule has 0 aliphatic heterocycles. The Bertz CT molecular complexity index is 1500. The van der Waals surface area contributed by atoms with E-state index >= 15 is 0 Å². The summed E-state index contributed by atoms with van der Waals surface area (Å²) in [6, 6.07) is 12.1. The number of nitrogens with zero attached hydrogens (tertiary/aromatic N) is 2. The predicted octanol–water partition coefficient (Wildman–Crippen LogP) is 10.5. The maximum Gasteiger partial charge on any atom is 0.308 e. The normalized spacial score (nSPS) is 20.4. The lowest BCUT2D eigenvalue weighted by atomic mass is 9.82. The average molecular weight is 839 g/mol. The number of methoxy groups -OCH3 is 1.